The molecule has 0 fully saturated rings. The molecule has 29 heavy (non-hydrogen) atoms. The number of fused-ring (bicyclic) bond motifs is 1. The summed E-state index contributed by atoms with van der Waals surface area (Å²) in [6.45, 7) is 3.15. The van der Waals surface area contributed by atoms with E-state index in [2.05, 4.69) is 15.6 Å². The highest BCUT2D eigenvalue weighted by Gasteiger charge is 2.36. The van der Waals surface area contributed by atoms with Gasteiger partial charge in [0.2, 0.25) is 5.91 Å². The quantitative estimate of drug-likeness (QED) is 0.475. The van der Waals surface area contributed by atoms with Crippen LogP contribution in [0.25, 0.3) is 11.1 Å². The molecule has 1 aromatic heterocycles. The van der Waals surface area contributed by atoms with Crippen molar-refractivity contribution in [2.45, 2.75) is 26.1 Å². The van der Waals surface area contributed by atoms with E-state index in [9.17, 15) is 28.1 Å². The van der Waals surface area contributed by atoms with Crippen molar-refractivity contribution in [1.29, 1.82) is 0 Å². The zero-order valence-corrected chi connectivity index (χ0v) is 15.2. The average Bonchev–Trinajstić information content (AvgIpc) is 3.00. The van der Waals surface area contributed by atoms with E-state index in [1.807, 2.05) is 0 Å². The van der Waals surface area contributed by atoms with Crippen molar-refractivity contribution < 1.29 is 27.3 Å². The lowest BCUT2D eigenvalue weighted by atomic mass is 10.1. The first-order chi connectivity index (χ1) is 13.5. The maximum atomic E-state index is 13.2. The van der Waals surface area contributed by atoms with Crippen molar-refractivity contribution >= 4 is 34.1 Å². The molecule has 0 unspecified atom stereocenters. The lowest BCUT2D eigenvalue weighted by molar-refractivity contribution is -0.385. The van der Waals surface area contributed by atoms with Gasteiger partial charge < -0.3 is 15.1 Å². The summed E-state index contributed by atoms with van der Waals surface area (Å²) in [6.07, 6.45) is -4.87. The summed E-state index contributed by atoms with van der Waals surface area (Å²) in [7, 11) is 0. The number of oxazole rings is 1. The molecule has 0 aliphatic heterocycles. The van der Waals surface area contributed by atoms with Crippen LogP contribution in [0.3, 0.4) is 0 Å². The van der Waals surface area contributed by atoms with Crippen molar-refractivity contribution in [2.24, 2.45) is 0 Å². The van der Waals surface area contributed by atoms with Crippen LogP contribution in [0.1, 0.15) is 18.4 Å². The molecule has 8 nitrogen and oxygen atoms in total. The van der Waals surface area contributed by atoms with Gasteiger partial charge in [0, 0.05) is 24.7 Å². The van der Waals surface area contributed by atoms with Gasteiger partial charge in [0.1, 0.15) is 11.6 Å². The Balaban J connectivity index is 1.78. The zero-order valence-electron chi connectivity index (χ0n) is 15.2. The molecule has 2 aromatic carbocycles. The highest BCUT2D eigenvalue weighted by molar-refractivity contribution is 5.97. The summed E-state index contributed by atoms with van der Waals surface area (Å²) in [4.78, 5) is 26.4. The van der Waals surface area contributed by atoms with Gasteiger partial charge in [-0.15, -0.1) is 0 Å². The predicted octanol–water partition coefficient (Wildman–Crippen LogP) is 4.50. The molecule has 1 atom stereocenters. The first-order valence-electron chi connectivity index (χ1n) is 8.35. The summed E-state index contributed by atoms with van der Waals surface area (Å²) >= 11 is 0. The van der Waals surface area contributed by atoms with E-state index in [4.69, 9.17) is 4.42 Å². The molecule has 3 aromatic rings. The monoisotopic (exact) mass is 408 g/mol. The number of halogens is 3. The molecule has 0 aliphatic carbocycles. The van der Waals surface area contributed by atoms with Crippen LogP contribution in [0, 0.1) is 17.0 Å². The number of anilines is 2. The van der Waals surface area contributed by atoms with Crippen LogP contribution in [0.2, 0.25) is 0 Å². The highest BCUT2D eigenvalue weighted by Crippen LogP contribution is 2.37. The Labute approximate surface area is 161 Å². The summed E-state index contributed by atoms with van der Waals surface area (Å²) in [5.41, 5.74) is -0.942. The van der Waals surface area contributed by atoms with Crippen molar-refractivity contribution in [3.63, 3.8) is 0 Å². The molecule has 0 aliphatic rings. The van der Waals surface area contributed by atoms with Crippen LogP contribution < -0.4 is 10.6 Å². The minimum atomic E-state index is -4.87. The number of nitro groups is 1. The van der Waals surface area contributed by atoms with Crippen molar-refractivity contribution in [3.05, 3.63) is 58.0 Å². The van der Waals surface area contributed by atoms with E-state index in [0.717, 1.165) is 12.1 Å². The Morgan fingerprint density at radius 3 is 2.62 bits per heavy atom. The zero-order chi connectivity index (χ0) is 21.3. The smallest absolute Gasteiger partial charge is 0.418 e. The molecular weight excluding hydrogens is 393 g/mol. The van der Waals surface area contributed by atoms with Gasteiger partial charge in [-0.25, -0.2) is 4.98 Å². The first-order valence-corrected chi connectivity index (χ1v) is 8.35. The van der Waals surface area contributed by atoms with E-state index < -0.39 is 40.0 Å². The van der Waals surface area contributed by atoms with Crippen LogP contribution in [-0.2, 0) is 11.0 Å². The molecule has 11 heteroatoms. The predicted molar refractivity (Wildman–Crippen MR) is 98.6 cm³/mol. The second-order valence-electron chi connectivity index (χ2n) is 6.26. The van der Waals surface area contributed by atoms with Crippen molar-refractivity contribution in [2.75, 3.05) is 10.6 Å². The van der Waals surface area contributed by atoms with Crippen LogP contribution >= 0.6 is 0 Å². The van der Waals surface area contributed by atoms with Crippen LogP contribution in [0.15, 0.2) is 40.8 Å². The number of benzene rings is 2. The number of carbonyl (C=O) groups excluding carboxylic acids is 1. The normalized spacial score (nSPS) is 12.6. The number of amides is 1. The molecule has 0 radical (unpaired) electrons. The summed E-state index contributed by atoms with van der Waals surface area (Å²) in [6, 6.07) is 6.16. The third-order valence-corrected chi connectivity index (χ3v) is 4.05. The molecule has 0 bridgehead atoms. The number of nitrogens with zero attached hydrogens (tertiary/aromatic N) is 2. The lowest BCUT2D eigenvalue weighted by Gasteiger charge is -2.18. The van der Waals surface area contributed by atoms with Gasteiger partial charge in [-0.1, -0.05) is 0 Å². The minimum Gasteiger partial charge on any atom is -0.441 e. The first kappa shape index (κ1) is 20.1. The summed E-state index contributed by atoms with van der Waals surface area (Å²) < 4.78 is 45.1. The Kier molecular flexibility index (Phi) is 5.14. The molecule has 152 valence electrons. The minimum absolute atomic E-state index is 0.383. The highest BCUT2D eigenvalue weighted by atomic mass is 19.4. The molecule has 0 spiro atoms. The third-order valence-electron chi connectivity index (χ3n) is 4.05. The van der Waals surface area contributed by atoms with Crippen molar-refractivity contribution in [1.82, 2.24) is 4.98 Å². The van der Waals surface area contributed by atoms with E-state index in [0.29, 0.717) is 28.7 Å². The standard InChI is InChI=1S/C18H15F3N4O4/c1-9(22-11-3-6-16-15(7-11)23-10(2)29-16)17(26)24-14-5-4-12(25(27)28)8-13(14)18(19,20)21/h3-9,22H,1-2H3,(H,24,26)/t9-/m1/s1. The maximum Gasteiger partial charge on any atom is 0.418 e. The average molecular weight is 408 g/mol. The SMILES string of the molecule is Cc1nc2cc(N[C@H](C)C(=O)Nc3ccc([N+](=O)[O-])cc3C(F)(F)F)ccc2o1. The number of hydrogen-bond acceptors (Lipinski definition) is 6. The topological polar surface area (TPSA) is 110 Å². The lowest BCUT2D eigenvalue weighted by Crippen LogP contribution is -2.32. The van der Waals surface area contributed by atoms with Gasteiger partial charge in [0.15, 0.2) is 11.5 Å². The Morgan fingerprint density at radius 1 is 1.24 bits per heavy atom. The number of carbonyl (C=O) groups is 1. The van der Waals surface area contributed by atoms with Crippen LogP contribution in [-0.4, -0.2) is 21.9 Å². The fourth-order valence-electron chi connectivity index (χ4n) is 2.68. The van der Waals surface area contributed by atoms with Crippen LogP contribution in [0.5, 0.6) is 0 Å². The molecule has 0 saturated carbocycles. The molecule has 1 heterocycles. The molecule has 2 N–H and O–H groups in total. The van der Waals surface area contributed by atoms with Gasteiger partial charge in [-0.05, 0) is 31.2 Å². The number of non-ortho nitro benzene ring substituents is 1. The second-order valence-corrected chi connectivity index (χ2v) is 6.26. The maximum absolute atomic E-state index is 13.2. The van der Waals surface area contributed by atoms with E-state index in [1.165, 1.54) is 6.92 Å². The van der Waals surface area contributed by atoms with E-state index in [1.54, 1.807) is 25.1 Å². The van der Waals surface area contributed by atoms with E-state index in [-0.39, 0.29) is 0 Å². The molecular formula is C18H15F3N4O4. The second kappa shape index (κ2) is 7.41. The molecule has 0 saturated heterocycles. The number of nitrogens with one attached hydrogen (secondary N) is 2. The number of hydrogen-bond donors (Lipinski definition) is 2. The van der Waals surface area contributed by atoms with Gasteiger partial charge in [0.05, 0.1) is 16.2 Å². The third kappa shape index (κ3) is 4.45. The number of nitro benzene ring substituents is 1. The fraction of sp³-hybridized carbons (Fsp3) is 0.222. The summed E-state index contributed by atoms with van der Waals surface area (Å²) in [5.74, 6) is -0.276. The molecule has 1 amide bonds. The number of rotatable bonds is 5. The fourth-order valence-corrected chi connectivity index (χ4v) is 2.68. The number of aromatic nitrogens is 1. The largest absolute Gasteiger partial charge is 0.441 e. The number of aryl methyl sites for hydroxylation is 1. The van der Waals surface area contributed by atoms with Crippen molar-refractivity contribution in [3.8, 4) is 0 Å². The van der Waals surface area contributed by atoms with Gasteiger partial charge in [-0.2, -0.15) is 13.2 Å². The molecule has 3 rings (SSSR count). The summed E-state index contributed by atoms with van der Waals surface area (Å²) in [5, 5.41) is 15.8. The van der Waals surface area contributed by atoms with Gasteiger partial charge in [-0.3, -0.25) is 14.9 Å². The Bertz CT molecular complexity index is 1090. The Hall–Kier alpha value is -3.63. The Morgan fingerprint density at radius 2 is 1.97 bits per heavy atom. The van der Waals surface area contributed by atoms with Gasteiger partial charge in [0.25, 0.3) is 5.69 Å². The van der Waals surface area contributed by atoms with Gasteiger partial charge >= 0.3 is 6.18 Å². The van der Waals surface area contributed by atoms with Crippen LogP contribution in [0.4, 0.5) is 30.2 Å². The number of alkyl halides is 3. The van der Waals surface area contributed by atoms with E-state index >= 15 is 0 Å².